The van der Waals surface area contributed by atoms with E-state index in [0.717, 1.165) is 32.4 Å². The Balaban J connectivity index is 1.72. The lowest BCUT2D eigenvalue weighted by atomic mass is 9.86. The molecule has 0 aromatic carbocycles. The van der Waals surface area contributed by atoms with Crippen LogP contribution in [0.15, 0.2) is 12.5 Å². The summed E-state index contributed by atoms with van der Waals surface area (Å²) in [5.41, 5.74) is 1.27. The minimum atomic E-state index is 0.103. The third-order valence-electron chi connectivity index (χ3n) is 3.96. The summed E-state index contributed by atoms with van der Waals surface area (Å²) in [7, 11) is 0. The Morgan fingerprint density at radius 1 is 1.67 bits per heavy atom. The van der Waals surface area contributed by atoms with Crippen LogP contribution in [0.25, 0.3) is 0 Å². The molecule has 1 saturated heterocycles. The van der Waals surface area contributed by atoms with Crippen molar-refractivity contribution in [2.24, 2.45) is 0 Å². The molecular formula is C13H20N4O. The van der Waals surface area contributed by atoms with Gasteiger partial charge in [-0.25, -0.2) is 4.98 Å². The van der Waals surface area contributed by atoms with Gasteiger partial charge in [-0.2, -0.15) is 0 Å². The lowest BCUT2D eigenvalue weighted by molar-refractivity contribution is -0.121. The summed E-state index contributed by atoms with van der Waals surface area (Å²) in [5, 5.41) is 6.40. The van der Waals surface area contributed by atoms with Crippen molar-refractivity contribution < 1.29 is 4.79 Å². The maximum Gasteiger partial charge on any atom is 0.240 e. The van der Waals surface area contributed by atoms with Crippen LogP contribution in [0.3, 0.4) is 0 Å². The first-order valence-electron chi connectivity index (χ1n) is 6.68. The topological polar surface area (TPSA) is 59.0 Å². The van der Waals surface area contributed by atoms with Gasteiger partial charge >= 0.3 is 0 Å². The van der Waals surface area contributed by atoms with Crippen molar-refractivity contribution in [2.75, 3.05) is 13.1 Å². The van der Waals surface area contributed by atoms with E-state index in [2.05, 4.69) is 22.5 Å². The summed E-state index contributed by atoms with van der Waals surface area (Å²) in [6, 6.07) is 0.424. The van der Waals surface area contributed by atoms with Crippen LogP contribution in [0.1, 0.15) is 31.9 Å². The maximum absolute atomic E-state index is 11.9. The molecule has 1 amide bonds. The fraction of sp³-hybridized carbons (Fsp3) is 0.692. The summed E-state index contributed by atoms with van der Waals surface area (Å²) in [4.78, 5) is 16.1. The van der Waals surface area contributed by atoms with Gasteiger partial charge in [0.05, 0.1) is 6.33 Å². The molecule has 0 bridgehead atoms. The Morgan fingerprint density at radius 3 is 3.17 bits per heavy atom. The van der Waals surface area contributed by atoms with E-state index >= 15 is 0 Å². The van der Waals surface area contributed by atoms with Crippen molar-refractivity contribution in [3.05, 3.63) is 18.2 Å². The number of nitrogens with one attached hydrogen (secondary N) is 2. The fourth-order valence-electron chi connectivity index (χ4n) is 2.64. The first-order valence-corrected chi connectivity index (χ1v) is 6.68. The standard InChI is InChI=1S/C13H20N4O/c1-13(4-5-14-8-13)11-6-15-9-17(11)7-12(18)16-10-2-3-10/h6,9-10,14H,2-5,7-8H2,1H3,(H,16,18). The van der Waals surface area contributed by atoms with Gasteiger partial charge in [0.15, 0.2) is 0 Å². The van der Waals surface area contributed by atoms with Crippen LogP contribution in [-0.2, 0) is 16.8 Å². The summed E-state index contributed by atoms with van der Waals surface area (Å²) in [5.74, 6) is 0.103. The van der Waals surface area contributed by atoms with Crippen LogP contribution in [0, 0.1) is 0 Å². The Hall–Kier alpha value is -1.36. The Bertz CT molecular complexity index is 444. The van der Waals surface area contributed by atoms with Crippen molar-refractivity contribution >= 4 is 5.91 Å². The number of rotatable bonds is 4. The zero-order chi connectivity index (χ0) is 12.6. The summed E-state index contributed by atoms with van der Waals surface area (Å²) in [6.07, 6.45) is 7.03. The molecule has 1 atom stereocenters. The number of carbonyl (C=O) groups excluding carboxylic acids is 1. The van der Waals surface area contributed by atoms with Gasteiger partial charge in [0.25, 0.3) is 0 Å². The fourth-order valence-corrected chi connectivity index (χ4v) is 2.64. The molecule has 2 N–H and O–H groups in total. The molecule has 3 rings (SSSR count). The number of carbonyl (C=O) groups is 1. The lowest BCUT2D eigenvalue weighted by Crippen LogP contribution is -2.33. The highest BCUT2D eigenvalue weighted by molar-refractivity contribution is 5.76. The van der Waals surface area contributed by atoms with E-state index in [1.165, 1.54) is 5.69 Å². The highest BCUT2D eigenvalue weighted by atomic mass is 16.2. The molecule has 1 aliphatic heterocycles. The molecule has 0 radical (unpaired) electrons. The Labute approximate surface area is 107 Å². The number of nitrogens with zero attached hydrogens (tertiary/aromatic N) is 2. The molecule has 1 aromatic heterocycles. The molecular weight excluding hydrogens is 228 g/mol. The molecule has 5 heteroatoms. The van der Waals surface area contributed by atoms with E-state index in [-0.39, 0.29) is 11.3 Å². The Kier molecular flexibility index (Phi) is 2.86. The highest BCUT2D eigenvalue weighted by Crippen LogP contribution is 2.29. The smallest absolute Gasteiger partial charge is 0.240 e. The minimum Gasteiger partial charge on any atom is -0.352 e. The normalized spacial score (nSPS) is 27.4. The molecule has 2 aliphatic rings. The van der Waals surface area contributed by atoms with E-state index in [1.54, 1.807) is 6.33 Å². The van der Waals surface area contributed by atoms with E-state index in [4.69, 9.17) is 0 Å². The predicted octanol–water partition coefficient (Wildman–Crippen LogP) is 0.413. The van der Waals surface area contributed by atoms with Crippen molar-refractivity contribution in [1.82, 2.24) is 20.2 Å². The highest BCUT2D eigenvalue weighted by Gasteiger charge is 2.33. The molecule has 1 saturated carbocycles. The minimum absolute atomic E-state index is 0.103. The second-order valence-electron chi connectivity index (χ2n) is 5.74. The largest absolute Gasteiger partial charge is 0.352 e. The SMILES string of the molecule is CC1(c2cncn2CC(=O)NC2CC2)CCNC1. The number of aromatic nitrogens is 2. The maximum atomic E-state index is 11.9. The number of amides is 1. The second-order valence-corrected chi connectivity index (χ2v) is 5.74. The summed E-state index contributed by atoms with van der Waals surface area (Å²) in [6.45, 7) is 4.62. The number of imidazole rings is 1. The molecule has 2 fully saturated rings. The van der Waals surface area contributed by atoms with E-state index in [0.29, 0.717) is 12.6 Å². The average Bonchev–Trinajstić information content (AvgIpc) is 2.84. The number of hydrogen-bond donors (Lipinski definition) is 2. The summed E-state index contributed by atoms with van der Waals surface area (Å²) < 4.78 is 1.99. The van der Waals surface area contributed by atoms with Crippen LogP contribution in [0.5, 0.6) is 0 Å². The van der Waals surface area contributed by atoms with Gasteiger partial charge in [0, 0.05) is 29.9 Å². The van der Waals surface area contributed by atoms with E-state index < -0.39 is 0 Å². The van der Waals surface area contributed by atoms with Gasteiger partial charge < -0.3 is 15.2 Å². The van der Waals surface area contributed by atoms with Crippen molar-refractivity contribution in [3.63, 3.8) is 0 Å². The van der Waals surface area contributed by atoms with Crippen LogP contribution in [0.4, 0.5) is 0 Å². The summed E-state index contributed by atoms with van der Waals surface area (Å²) >= 11 is 0. The van der Waals surface area contributed by atoms with Gasteiger partial charge in [0.2, 0.25) is 5.91 Å². The lowest BCUT2D eigenvalue weighted by Gasteiger charge is -2.24. The third kappa shape index (κ3) is 2.27. The molecule has 5 nitrogen and oxygen atoms in total. The van der Waals surface area contributed by atoms with Crippen LogP contribution in [0.2, 0.25) is 0 Å². The van der Waals surface area contributed by atoms with Crippen LogP contribution in [-0.4, -0.2) is 34.6 Å². The zero-order valence-electron chi connectivity index (χ0n) is 10.8. The van der Waals surface area contributed by atoms with Crippen molar-refractivity contribution in [1.29, 1.82) is 0 Å². The molecule has 98 valence electrons. The van der Waals surface area contributed by atoms with Crippen LogP contribution >= 0.6 is 0 Å². The van der Waals surface area contributed by atoms with E-state index in [9.17, 15) is 4.79 Å². The van der Waals surface area contributed by atoms with E-state index in [1.807, 2.05) is 10.8 Å². The predicted molar refractivity (Wildman–Crippen MR) is 68.2 cm³/mol. The molecule has 1 aromatic rings. The monoisotopic (exact) mass is 248 g/mol. The third-order valence-corrected chi connectivity index (χ3v) is 3.96. The number of hydrogen-bond acceptors (Lipinski definition) is 3. The molecule has 1 aliphatic carbocycles. The molecule has 2 heterocycles. The quantitative estimate of drug-likeness (QED) is 0.811. The average molecular weight is 248 g/mol. The van der Waals surface area contributed by atoms with Gasteiger partial charge in [-0.15, -0.1) is 0 Å². The second kappa shape index (κ2) is 4.39. The van der Waals surface area contributed by atoms with Crippen LogP contribution < -0.4 is 10.6 Å². The molecule has 0 spiro atoms. The first kappa shape index (κ1) is 11.7. The van der Waals surface area contributed by atoms with Gasteiger partial charge in [-0.05, 0) is 25.8 Å². The Morgan fingerprint density at radius 2 is 2.50 bits per heavy atom. The first-order chi connectivity index (χ1) is 8.67. The zero-order valence-corrected chi connectivity index (χ0v) is 10.8. The van der Waals surface area contributed by atoms with Crippen molar-refractivity contribution in [2.45, 2.75) is 44.2 Å². The molecule has 18 heavy (non-hydrogen) atoms. The van der Waals surface area contributed by atoms with Gasteiger partial charge in [-0.3, -0.25) is 4.79 Å². The van der Waals surface area contributed by atoms with Gasteiger partial charge in [-0.1, -0.05) is 6.92 Å². The van der Waals surface area contributed by atoms with Crippen molar-refractivity contribution in [3.8, 4) is 0 Å². The molecule has 1 unspecified atom stereocenters. The van der Waals surface area contributed by atoms with Gasteiger partial charge in [0.1, 0.15) is 6.54 Å².